The Bertz CT molecular complexity index is 1220. The first kappa shape index (κ1) is 25.4. The minimum absolute atomic E-state index is 0.211. The Hall–Kier alpha value is -3.70. The molecular weight excluding hydrogens is 446 g/mol. The van der Waals surface area contributed by atoms with Gasteiger partial charge >= 0.3 is 5.97 Å². The number of esters is 1. The zero-order chi connectivity index (χ0) is 25.2. The molecule has 36 heavy (non-hydrogen) atoms. The molecule has 0 fully saturated rings. The van der Waals surface area contributed by atoms with E-state index in [9.17, 15) is 4.79 Å². The van der Waals surface area contributed by atoms with Crippen LogP contribution in [0.2, 0.25) is 0 Å². The van der Waals surface area contributed by atoms with E-state index in [-0.39, 0.29) is 12.5 Å². The van der Waals surface area contributed by atoms with Crippen molar-refractivity contribution in [1.29, 1.82) is 0 Å². The number of nitrogens with zero attached hydrogens (tertiary/aromatic N) is 3. The van der Waals surface area contributed by atoms with Gasteiger partial charge in [0, 0.05) is 30.8 Å². The van der Waals surface area contributed by atoms with E-state index in [0.29, 0.717) is 19.7 Å². The average molecular weight is 482 g/mol. The standard InChI is InChI=1S/C31H35N3O2/c1-3-5-21-34-28(23-33(24-29(35)36-4-2)22-25-15-9-6-10-16-25)30(26-17-11-7-12-18-26)32-31(34)27-19-13-8-14-20-27/h6-20H,3-5,21-24H2,1-2H3. The van der Waals surface area contributed by atoms with Crippen LogP contribution in [-0.4, -0.2) is 33.6 Å². The minimum Gasteiger partial charge on any atom is -0.465 e. The molecule has 0 radical (unpaired) electrons. The van der Waals surface area contributed by atoms with Gasteiger partial charge in [-0.25, -0.2) is 4.98 Å². The van der Waals surface area contributed by atoms with Crippen molar-refractivity contribution in [3.05, 3.63) is 102 Å². The quantitative estimate of drug-likeness (QED) is 0.214. The van der Waals surface area contributed by atoms with Crippen LogP contribution in [-0.2, 0) is 29.2 Å². The molecule has 4 aromatic rings. The molecule has 1 aromatic heterocycles. The third-order valence-corrected chi connectivity index (χ3v) is 6.17. The van der Waals surface area contributed by atoms with Gasteiger partial charge in [0.15, 0.2) is 0 Å². The number of benzene rings is 3. The summed E-state index contributed by atoms with van der Waals surface area (Å²) in [4.78, 5) is 19.9. The second-order valence-corrected chi connectivity index (χ2v) is 8.90. The highest BCUT2D eigenvalue weighted by molar-refractivity contribution is 5.72. The number of ether oxygens (including phenoxy) is 1. The molecule has 0 saturated heterocycles. The van der Waals surface area contributed by atoms with E-state index in [1.54, 1.807) is 0 Å². The summed E-state index contributed by atoms with van der Waals surface area (Å²) in [5, 5.41) is 0. The van der Waals surface area contributed by atoms with Crippen molar-refractivity contribution in [3.8, 4) is 22.6 Å². The lowest BCUT2D eigenvalue weighted by Gasteiger charge is -2.23. The van der Waals surface area contributed by atoms with E-state index in [1.807, 2.05) is 49.4 Å². The predicted molar refractivity (Wildman–Crippen MR) is 145 cm³/mol. The molecule has 5 nitrogen and oxygen atoms in total. The zero-order valence-corrected chi connectivity index (χ0v) is 21.3. The molecule has 5 heteroatoms. The molecule has 186 valence electrons. The Balaban J connectivity index is 1.80. The zero-order valence-electron chi connectivity index (χ0n) is 21.3. The van der Waals surface area contributed by atoms with Gasteiger partial charge in [0.2, 0.25) is 0 Å². The van der Waals surface area contributed by atoms with Crippen LogP contribution < -0.4 is 0 Å². The van der Waals surface area contributed by atoms with Crippen LogP contribution in [0.4, 0.5) is 0 Å². The maximum absolute atomic E-state index is 12.6. The number of imidazole rings is 1. The Morgan fingerprint density at radius 2 is 1.44 bits per heavy atom. The van der Waals surface area contributed by atoms with Gasteiger partial charge in [-0.1, -0.05) is 104 Å². The molecule has 0 saturated carbocycles. The highest BCUT2D eigenvalue weighted by atomic mass is 16.5. The van der Waals surface area contributed by atoms with Gasteiger partial charge in [-0.05, 0) is 18.9 Å². The van der Waals surface area contributed by atoms with Crippen LogP contribution >= 0.6 is 0 Å². The first-order valence-corrected chi connectivity index (χ1v) is 12.8. The lowest BCUT2D eigenvalue weighted by Crippen LogP contribution is -2.31. The number of carbonyl (C=O) groups excluding carboxylic acids is 1. The van der Waals surface area contributed by atoms with Crippen molar-refractivity contribution >= 4 is 5.97 Å². The normalized spacial score (nSPS) is 11.1. The van der Waals surface area contributed by atoms with Crippen molar-refractivity contribution in [2.75, 3.05) is 13.2 Å². The summed E-state index contributed by atoms with van der Waals surface area (Å²) in [5.41, 5.74) is 5.42. The van der Waals surface area contributed by atoms with Crippen LogP contribution in [0.5, 0.6) is 0 Å². The summed E-state index contributed by atoms with van der Waals surface area (Å²) in [5.74, 6) is 0.756. The van der Waals surface area contributed by atoms with Gasteiger partial charge in [-0.3, -0.25) is 9.69 Å². The van der Waals surface area contributed by atoms with Crippen LogP contribution in [0, 0.1) is 0 Å². The number of carbonyl (C=O) groups is 1. The molecule has 1 heterocycles. The van der Waals surface area contributed by atoms with Crippen molar-refractivity contribution in [2.24, 2.45) is 0 Å². The molecule has 4 rings (SSSR count). The molecule has 3 aromatic carbocycles. The number of rotatable bonds is 12. The van der Waals surface area contributed by atoms with E-state index >= 15 is 0 Å². The van der Waals surface area contributed by atoms with Crippen LogP contribution in [0.3, 0.4) is 0 Å². The topological polar surface area (TPSA) is 47.4 Å². The maximum Gasteiger partial charge on any atom is 0.320 e. The van der Waals surface area contributed by atoms with E-state index in [2.05, 4.69) is 64.9 Å². The monoisotopic (exact) mass is 481 g/mol. The molecule has 0 spiro atoms. The fourth-order valence-corrected chi connectivity index (χ4v) is 4.45. The molecule has 0 bridgehead atoms. The van der Waals surface area contributed by atoms with Gasteiger partial charge in [-0.15, -0.1) is 0 Å². The van der Waals surface area contributed by atoms with Crippen LogP contribution in [0.25, 0.3) is 22.6 Å². The van der Waals surface area contributed by atoms with Crippen LogP contribution in [0.1, 0.15) is 37.9 Å². The Morgan fingerprint density at radius 1 is 0.833 bits per heavy atom. The fraction of sp³-hybridized carbons (Fsp3) is 0.290. The smallest absolute Gasteiger partial charge is 0.320 e. The number of aromatic nitrogens is 2. The average Bonchev–Trinajstić information content (AvgIpc) is 3.27. The van der Waals surface area contributed by atoms with Crippen molar-refractivity contribution in [1.82, 2.24) is 14.5 Å². The molecule has 0 amide bonds. The van der Waals surface area contributed by atoms with E-state index in [0.717, 1.165) is 53.3 Å². The summed E-state index contributed by atoms with van der Waals surface area (Å²) < 4.78 is 7.68. The second-order valence-electron chi connectivity index (χ2n) is 8.90. The lowest BCUT2D eigenvalue weighted by molar-refractivity contribution is -0.144. The van der Waals surface area contributed by atoms with E-state index < -0.39 is 0 Å². The Morgan fingerprint density at radius 3 is 2.06 bits per heavy atom. The Labute approximate surface area is 214 Å². The third-order valence-electron chi connectivity index (χ3n) is 6.17. The molecule has 0 aliphatic heterocycles. The minimum atomic E-state index is -0.211. The molecule has 0 N–H and O–H groups in total. The first-order chi connectivity index (χ1) is 17.7. The number of unbranched alkanes of at least 4 members (excludes halogenated alkanes) is 1. The lowest BCUT2D eigenvalue weighted by atomic mass is 10.1. The fourth-order valence-electron chi connectivity index (χ4n) is 4.45. The number of hydrogen-bond donors (Lipinski definition) is 0. The summed E-state index contributed by atoms with van der Waals surface area (Å²) >= 11 is 0. The summed E-state index contributed by atoms with van der Waals surface area (Å²) in [7, 11) is 0. The van der Waals surface area contributed by atoms with Gasteiger partial charge in [0.05, 0.1) is 24.5 Å². The van der Waals surface area contributed by atoms with Gasteiger partial charge in [0.25, 0.3) is 0 Å². The predicted octanol–water partition coefficient (Wildman–Crippen LogP) is 6.58. The van der Waals surface area contributed by atoms with Crippen LogP contribution in [0.15, 0.2) is 91.0 Å². The van der Waals surface area contributed by atoms with Gasteiger partial charge in [0.1, 0.15) is 5.82 Å². The first-order valence-electron chi connectivity index (χ1n) is 12.8. The van der Waals surface area contributed by atoms with E-state index in [4.69, 9.17) is 9.72 Å². The summed E-state index contributed by atoms with van der Waals surface area (Å²) in [6.07, 6.45) is 2.14. The Kier molecular flexibility index (Phi) is 9.06. The maximum atomic E-state index is 12.6. The second kappa shape index (κ2) is 12.8. The van der Waals surface area contributed by atoms with Crippen molar-refractivity contribution in [3.63, 3.8) is 0 Å². The molecule has 0 unspecified atom stereocenters. The van der Waals surface area contributed by atoms with Gasteiger partial charge in [-0.2, -0.15) is 0 Å². The van der Waals surface area contributed by atoms with Crippen molar-refractivity contribution in [2.45, 2.75) is 46.3 Å². The number of hydrogen-bond acceptors (Lipinski definition) is 4. The third kappa shape index (κ3) is 6.49. The summed E-state index contributed by atoms with van der Waals surface area (Å²) in [6.45, 7) is 6.75. The van der Waals surface area contributed by atoms with Gasteiger partial charge < -0.3 is 9.30 Å². The largest absolute Gasteiger partial charge is 0.465 e. The highest BCUT2D eigenvalue weighted by Gasteiger charge is 2.23. The molecule has 0 atom stereocenters. The molecule has 0 aliphatic carbocycles. The summed E-state index contributed by atoms with van der Waals surface area (Å²) in [6, 6.07) is 31.0. The van der Waals surface area contributed by atoms with E-state index in [1.165, 1.54) is 0 Å². The highest BCUT2D eigenvalue weighted by Crippen LogP contribution is 2.31. The van der Waals surface area contributed by atoms with Crippen molar-refractivity contribution < 1.29 is 9.53 Å². The SMILES string of the molecule is CCCCn1c(-c2ccccc2)nc(-c2ccccc2)c1CN(CC(=O)OCC)Cc1ccccc1. The molecular formula is C31H35N3O2. The molecule has 0 aliphatic rings.